The van der Waals surface area contributed by atoms with Crippen LogP contribution in [0.4, 0.5) is 5.13 Å². The number of carbonyl (C=O) groups excluding carboxylic acids is 1. The predicted molar refractivity (Wildman–Crippen MR) is 141 cm³/mol. The highest BCUT2D eigenvalue weighted by Gasteiger charge is 2.18. The van der Waals surface area contributed by atoms with Crippen LogP contribution in [0, 0.1) is 0 Å². The fourth-order valence-corrected chi connectivity index (χ4v) is 4.81. The molecule has 0 saturated heterocycles. The maximum atomic E-state index is 12.6. The first-order valence-electron chi connectivity index (χ1n) is 10.8. The minimum atomic E-state index is -0.175. The molecular weight excluding hydrogens is 478 g/mol. The lowest BCUT2D eigenvalue weighted by molar-refractivity contribution is -0.113. The molecule has 0 radical (unpaired) electrons. The number of aromatic nitrogens is 2. The highest BCUT2D eigenvalue weighted by Crippen LogP contribution is 2.35. The predicted octanol–water partition coefficient (Wildman–Crippen LogP) is 6.87. The maximum Gasteiger partial charge on any atom is 0.257 e. The first-order chi connectivity index (χ1) is 17.2. The van der Waals surface area contributed by atoms with Crippen LogP contribution in [0.1, 0.15) is 0 Å². The van der Waals surface area contributed by atoms with Crippen LogP contribution in [0.3, 0.4) is 0 Å². The molecule has 0 aliphatic rings. The second-order valence-corrected chi connectivity index (χ2v) is 9.28. The number of anilines is 1. The fourth-order valence-electron chi connectivity index (χ4n) is 3.45. The molecule has 0 atom stereocenters. The van der Waals surface area contributed by atoms with Crippen LogP contribution in [-0.2, 0) is 4.79 Å². The van der Waals surface area contributed by atoms with E-state index < -0.39 is 0 Å². The molecular formula is C27H21N3O3S2. The maximum absolute atomic E-state index is 12.6. The number of ether oxygens (including phenoxy) is 1. The Labute approximate surface area is 211 Å². The molecule has 3 aromatic carbocycles. The number of hydrogen-bond donors (Lipinski definition) is 1. The van der Waals surface area contributed by atoms with Gasteiger partial charge in [0.1, 0.15) is 11.4 Å². The molecule has 0 bridgehead atoms. The Morgan fingerprint density at radius 2 is 1.60 bits per heavy atom. The average molecular weight is 500 g/mol. The van der Waals surface area contributed by atoms with Gasteiger partial charge in [0, 0.05) is 22.1 Å². The van der Waals surface area contributed by atoms with Gasteiger partial charge in [-0.05, 0) is 24.3 Å². The van der Waals surface area contributed by atoms with E-state index in [9.17, 15) is 4.79 Å². The highest BCUT2D eigenvalue weighted by atomic mass is 32.2. The first kappa shape index (κ1) is 22.9. The summed E-state index contributed by atoms with van der Waals surface area (Å²) < 4.78 is 11.3. The minimum Gasteiger partial charge on any atom is -0.497 e. The molecule has 5 aromatic rings. The molecule has 0 spiro atoms. The average Bonchev–Trinajstić information content (AvgIpc) is 3.56. The van der Waals surface area contributed by atoms with Crippen molar-refractivity contribution in [1.82, 2.24) is 9.97 Å². The number of nitrogens with one attached hydrogen (secondary N) is 1. The van der Waals surface area contributed by atoms with Gasteiger partial charge in [-0.3, -0.25) is 4.79 Å². The van der Waals surface area contributed by atoms with Crippen molar-refractivity contribution < 1.29 is 13.9 Å². The molecule has 1 N–H and O–H groups in total. The van der Waals surface area contributed by atoms with E-state index in [1.165, 1.54) is 23.1 Å². The number of methoxy groups -OCH3 is 1. The van der Waals surface area contributed by atoms with Crippen LogP contribution in [-0.4, -0.2) is 28.7 Å². The number of benzene rings is 3. The number of oxazole rings is 1. The summed E-state index contributed by atoms with van der Waals surface area (Å²) in [6, 6.07) is 27.4. The normalized spacial score (nSPS) is 10.8. The molecule has 2 heterocycles. The second kappa shape index (κ2) is 10.6. The molecule has 0 unspecified atom stereocenters. The quantitative estimate of drug-likeness (QED) is 0.235. The van der Waals surface area contributed by atoms with Crippen LogP contribution in [0.5, 0.6) is 5.75 Å². The summed E-state index contributed by atoms with van der Waals surface area (Å²) >= 11 is 2.64. The Kier molecular flexibility index (Phi) is 6.92. The van der Waals surface area contributed by atoms with Crippen molar-refractivity contribution >= 4 is 34.1 Å². The van der Waals surface area contributed by atoms with E-state index in [-0.39, 0.29) is 11.7 Å². The standard InChI is InChI=1S/C27H21N3O3S2/c1-32-21-14-12-18(13-15-21)22-16-34-26(28-22)29-23(31)17-35-27-30-24(19-8-4-2-5-9-19)25(33-27)20-10-6-3-7-11-20/h2-16H,17H2,1H3,(H,28,29,31). The molecule has 35 heavy (non-hydrogen) atoms. The lowest BCUT2D eigenvalue weighted by atomic mass is 10.1. The summed E-state index contributed by atoms with van der Waals surface area (Å²) in [4.78, 5) is 21.8. The van der Waals surface area contributed by atoms with Gasteiger partial charge in [0.15, 0.2) is 10.9 Å². The molecule has 0 aliphatic heterocycles. The molecule has 1 amide bonds. The monoisotopic (exact) mass is 499 g/mol. The van der Waals surface area contributed by atoms with Gasteiger partial charge in [-0.1, -0.05) is 72.4 Å². The summed E-state index contributed by atoms with van der Waals surface area (Å²) in [5, 5.41) is 5.76. The Balaban J connectivity index is 1.27. The van der Waals surface area contributed by atoms with E-state index in [0.29, 0.717) is 16.1 Å². The third-order valence-electron chi connectivity index (χ3n) is 5.15. The fraction of sp³-hybridized carbons (Fsp3) is 0.0741. The molecule has 6 nitrogen and oxygen atoms in total. The number of hydrogen-bond acceptors (Lipinski definition) is 7. The van der Waals surface area contributed by atoms with Crippen molar-refractivity contribution in [2.75, 3.05) is 18.2 Å². The highest BCUT2D eigenvalue weighted by molar-refractivity contribution is 7.99. The minimum absolute atomic E-state index is 0.153. The smallest absolute Gasteiger partial charge is 0.257 e. The summed E-state index contributed by atoms with van der Waals surface area (Å²) in [6.45, 7) is 0. The molecule has 0 fully saturated rings. The largest absolute Gasteiger partial charge is 0.497 e. The number of nitrogens with zero attached hydrogens (tertiary/aromatic N) is 2. The lowest BCUT2D eigenvalue weighted by Crippen LogP contribution is -2.13. The van der Waals surface area contributed by atoms with Crippen molar-refractivity contribution in [3.05, 3.63) is 90.3 Å². The van der Waals surface area contributed by atoms with E-state index in [4.69, 9.17) is 9.15 Å². The Morgan fingerprint density at radius 1 is 0.914 bits per heavy atom. The first-order valence-corrected chi connectivity index (χ1v) is 12.7. The summed E-state index contributed by atoms with van der Waals surface area (Å²) in [7, 11) is 1.63. The van der Waals surface area contributed by atoms with Gasteiger partial charge < -0.3 is 14.5 Å². The summed E-state index contributed by atoms with van der Waals surface area (Å²) in [5.74, 6) is 1.45. The van der Waals surface area contributed by atoms with E-state index in [1.807, 2.05) is 90.3 Å². The molecule has 5 rings (SSSR count). The van der Waals surface area contributed by atoms with Crippen molar-refractivity contribution in [3.8, 4) is 39.6 Å². The zero-order valence-electron chi connectivity index (χ0n) is 18.8. The number of amides is 1. The van der Waals surface area contributed by atoms with Gasteiger partial charge in [-0.15, -0.1) is 11.3 Å². The van der Waals surface area contributed by atoms with E-state index in [0.717, 1.165) is 33.8 Å². The van der Waals surface area contributed by atoms with Crippen LogP contribution in [0.25, 0.3) is 33.8 Å². The van der Waals surface area contributed by atoms with E-state index in [2.05, 4.69) is 15.3 Å². The second-order valence-electron chi connectivity index (χ2n) is 7.49. The van der Waals surface area contributed by atoms with Crippen LogP contribution >= 0.6 is 23.1 Å². The molecule has 2 aromatic heterocycles. The number of carbonyl (C=O) groups is 1. The summed E-state index contributed by atoms with van der Waals surface area (Å²) in [6.07, 6.45) is 0. The Morgan fingerprint density at radius 3 is 2.29 bits per heavy atom. The Bertz CT molecular complexity index is 1360. The van der Waals surface area contributed by atoms with Crippen LogP contribution in [0.15, 0.2) is 99.9 Å². The van der Waals surface area contributed by atoms with Crippen molar-refractivity contribution in [2.45, 2.75) is 5.22 Å². The van der Waals surface area contributed by atoms with Gasteiger partial charge in [-0.25, -0.2) is 9.97 Å². The van der Waals surface area contributed by atoms with Crippen molar-refractivity contribution in [3.63, 3.8) is 0 Å². The zero-order chi connectivity index (χ0) is 24.0. The third-order valence-corrected chi connectivity index (χ3v) is 6.74. The number of rotatable bonds is 8. The number of thiazole rings is 1. The van der Waals surface area contributed by atoms with E-state index in [1.54, 1.807) is 7.11 Å². The van der Waals surface area contributed by atoms with Gasteiger partial charge in [-0.2, -0.15) is 0 Å². The van der Waals surface area contributed by atoms with Gasteiger partial charge >= 0.3 is 0 Å². The van der Waals surface area contributed by atoms with Crippen molar-refractivity contribution in [2.24, 2.45) is 0 Å². The molecule has 174 valence electrons. The Hall–Kier alpha value is -3.88. The summed E-state index contributed by atoms with van der Waals surface area (Å²) in [5.41, 5.74) is 4.40. The molecule has 8 heteroatoms. The molecule has 0 aliphatic carbocycles. The topological polar surface area (TPSA) is 77.2 Å². The van der Waals surface area contributed by atoms with Gasteiger partial charge in [0.05, 0.1) is 18.6 Å². The van der Waals surface area contributed by atoms with Crippen molar-refractivity contribution in [1.29, 1.82) is 0 Å². The van der Waals surface area contributed by atoms with Gasteiger partial charge in [0.2, 0.25) is 5.91 Å². The third kappa shape index (κ3) is 5.45. The van der Waals surface area contributed by atoms with Crippen LogP contribution < -0.4 is 10.1 Å². The van der Waals surface area contributed by atoms with E-state index >= 15 is 0 Å². The number of thioether (sulfide) groups is 1. The van der Waals surface area contributed by atoms with Crippen LogP contribution in [0.2, 0.25) is 0 Å². The van der Waals surface area contributed by atoms with Gasteiger partial charge in [0.25, 0.3) is 5.22 Å². The molecule has 0 saturated carbocycles. The SMILES string of the molecule is COc1ccc(-c2csc(NC(=O)CSc3nc(-c4ccccc4)c(-c4ccccc4)o3)n2)cc1. The lowest BCUT2D eigenvalue weighted by Gasteiger charge is -2.01. The zero-order valence-corrected chi connectivity index (χ0v) is 20.4.